The van der Waals surface area contributed by atoms with E-state index < -0.39 is 12.5 Å². The van der Waals surface area contributed by atoms with Crippen molar-refractivity contribution in [3.05, 3.63) is 54.2 Å². The van der Waals surface area contributed by atoms with Gasteiger partial charge in [-0.1, -0.05) is 6.07 Å². The van der Waals surface area contributed by atoms with Gasteiger partial charge in [0.2, 0.25) is 5.91 Å². The summed E-state index contributed by atoms with van der Waals surface area (Å²) in [6, 6.07) is 11.1. The number of nitrogens with zero attached hydrogens (tertiary/aromatic N) is 2. The van der Waals surface area contributed by atoms with Crippen LogP contribution < -0.4 is 19.9 Å². The molecule has 2 heterocycles. The lowest BCUT2D eigenvalue weighted by Crippen LogP contribution is -2.52. The Morgan fingerprint density at radius 2 is 1.79 bits per heavy atom. The molecule has 1 saturated heterocycles. The van der Waals surface area contributed by atoms with Crippen molar-refractivity contribution in [1.29, 1.82) is 0 Å². The van der Waals surface area contributed by atoms with Crippen LogP contribution in [0.15, 0.2) is 48.7 Å². The van der Waals surface area contributed by atoms with Crippen LogP contribution in [0.4, 0.5) is 14.6 Å². The highest BCUT2D eigenvalue weighted by Crippen LogP contribution is 2.15. The van der Waals surface area contributed by atoms with Gasteiger partial charge < -0.3 is 15.0 Å². The van der Waals surface area contributed by atoms with E-state index in [4.69, 9.17) is 0 Å². The molecule has 2 N–H and O–H groups in total. The first-order valence-corrected chi connectivity index (χ1v) is 8.85. The van der Waals surface area contributed by atoms with Crippen LogP contribution in [0.5, 0.6) is 5.75 Å². The molecule has 0 saturated carbocycles. The first-order chi connectivity index (χ1) is 13.5. The molecular formula is C19H21F2N4O3+. The van der Waals surface area contributed by atoms with E-state index in [2.05, 4.69) is 19.9 Å². The van der Waals surface area contributed by atoms with Crippen molar-refractivity contribution in [2.75, 3.05) is 37.6 Å². The van der Waals surface area contributed by atoms with Gasteiger partial charge in [-0.2, -0.15) is 8.78 Å². The lowest BCUT2D eigenvalue weighted by Gasteiger charge is -2.31. The summed E-state index contributed by atoms with van der Waals surface area (Å²) in [4.78, 5) is 31.5. The monoisotopic (exact) mass is 391 g/mol. The fourth-order valence-electron chi connectivity index (χ4n) is 2.93. The average Bonchev–Trinajstić information content (AvgIpc) is 2.72. The fourth-order valence-corrected chi connectivity index (χ4v) is 2.93. The summed E-state index contributed by atoms with van der Waals surface area (Å²) in [5.41, 5.74) is 0.263. The predicted octanol–water partition coefficient (Wildman–Crippen LogP) is 1.18. The number of benzene rings is 1. The molecule has 1 aliphatic rings. The topological polar surface area (TPSA) is 76.0 Å². The number of aromatic nitrogens is 1. The van der Waals surface area contributed by atoms with Gasteiger partial charge in [0, 0.05) is 11.6 Å². The largest absolute Gasteiger partial charge is 0.435 e. The van der Waals surface area contributed by atoms with Crippen molar-refractivity contribution in [2.45, 2.75) is 6.61 Å². The Morgan fingerprint density at radius 3 is 2.39 bits per heavy atom. The van der Waals surface area contributed by atoms with Crippen LogP contribution >= 0.6 is 0 Å². The quantitative estimate of drug-likeness (QED) is 0.803. The number of aromatic amines is 1. The molecule has 1 aromatic heterocycles. The van der Waals surface area contributed by atoms with Gasteiger partial charge in [0.05, 0.1) is 25.8 Å². The number of H-pyrrole nitrogens is 1. The van der Waals surface area contributed by atoms with Gasteiger partial charge in [-0.3, -0.25) is 14.5 Å². The first-order valence-electron chi connectivity index (χ1n) is 8.85. The highest BCUT2D eigenvalue weighted by Gasteiger charge is 2.26. The Balaban J connectivity index is 1.44. The van der Waals surface area contributed by atoms with Gasteiger partial charge >= 0.3 is 6.61 Å². The summed E-state index contributed by atoms with van der Waals surface area (Å²) in [7, 11) is 0. The van der Waals surface area contributed by atoms with Crippen LogP contribution in [-0.2, 0) is 4.79 Å². The van der Waals surface area contributed by atoms with Gasteiger partial charge in [0.1, 0.15) is 18.8 Å². The molecule has 1 fully saturated rings. The molecule has 2 amide bonds. The van der Waals surface area contributed by atoms with E-state index in [1.165, 1.54) is 24.3 Å². The molecule has 0 radical (unpaired) electrons. The van der Waals surface area contributed by atoms with E-state index >= 15 is 0 Å². The molecule has 1 aliphatic heterocycles. The third-order valence-corrected chi connectivity index (χ3v) is 4.41. The third-order valence-electron chi connectivity index (χ3n) is 4.41. The molecule has 0 unspecified atom stereocenters. The van der Waals surface area contributed by atoms with Crippen LogP contribution in [0.25, 0.3) is 0 Å². The normalized spacial score (nSPS) is 14.1. The van der Waals surface area contributed by atoms with Crippen molar-refractivity contribution in [1.82, 2.24) is 10.2 Å². The summed E-state index contributed by atoms with van der Waals surface area (Å²) < 4.78 is 28.5. The molecule has 9 heteroatoms. The average molecular weight is 391 g/mol. The van der Waals surface area contributed by atoms with Crippen molar-refractivity contribution >= 4 is 17.6 Å². The molecule has 7 nitrogen and oxygen atoms in total. The number of alkyl halides is 2. The molecule has 3 rings (SSSR count). The number of anilines is 1. The summed E-state index contributed by atoms with van der Waals surface area (Å²) in [6.45, 7) is -0.505. The van der Waals surface area contributed by atoms with Crippen LogP contribution in [0.2, 0.25) is 0 Å². The van der Waals surface area contributed by atoms with Crippen LogP contribution in [0, 0.1) is 0 Å². The fraction of sp³-hybridized carbons (Fsp3) is 0.316. The van der Waals surface area contributed by atoms with Crippen molar-refractivity contribution in [3.8, 4) is 5.75 Å². The minimum absolute atomic E-state index is 0.0313. The van der Waals surface area contributed by atoms with Gasteiger partial charge in [0.25, 0.3) is 11.7 Å². The number of hydrogen-bond acceptors (Lipinski definition) is 4. The number of ether oxygens (including phenoxy) is 1. The molecule has 0 atom stereocenters. The number of hydrogen-bond donors (Lipinski definition) is 1. The number of halogens is 2. The molecule has 0 bridgehead atoms. The van der Waals surface area contributed by atoms with Crippen molar-refractivity contribution in [3.63, 3.8) is 0 Å². The van der Waals surface area contributed by atoms with E-state index in [1.807, 2.05) is 24.4 Å². The Hall–Kier alpha value is -3.23. The number of amides is 2. The highest BCUT2D eigenvalue weighted by atomic mass is 19.3. The standard InChI is InChI=1S/C19H20F2N4O3/c20-19(21)28-15-6-4-14(5-7-15)18(27)23-13-17(26)25-11-9-24(10-12-25)16-3-1-2-8-22-16/h1-8,19H,9-13H2,(H,23,27)/p+1. The van der Waals surface area contributed by atoms with Crippen molar-refractivity contribution in [2.24, 2.45) is 0 Å². The highest BCUT2D eigenvalue weighted by molar-refractivity contribution is 5.96. The third kappa shape index (κ3) is 5.15. The van der Waals surface area contributed by atoms with Gasteiger partial charge in [-0.25, -0.2) is 4.98 Å². The molecular weight excluding hydrogens is 370 g/mol. The zero-order chi connectivity index (χ0) is 19.9. The van der Waals surface area contributed by atoms with E-state index in [0.717, 1.165) is 5.82 Å². The molecule has 0 aliphatic carbocycles. The zero-order valence-electron chi connectivity index (χ0n) is 15.1. The number of carbonyl (C=O) groups excluding carboxylic acids is 2. The van der Waals surface area contributed by atoms with Crippen LogP contribution in [0.3, 0.4) is 0 Å². The van der Waals surface area contributed by atoms with Crippen LogP contribution in [-0.4, -0.2) is 56.0 Å². The van der Waals surface area contributed by atoms with Crippen LogP contribution in [0.1, 0.15) is 10.4 Å². The maximum absolute atomic E-state index is 12.3. The predicted molar refractivity (Wildman–Crippen MR) is 97.2 cm³/mol. The summed E-state index contributed by atoms with van der Waals surface area (Å²) in [6.07, 6.45) is 1.86. The van der Waals surface area contributed by atoms with E-state index in [0.29, 0.717) is 26.2 Å². The first kappa shape index (κ1) is 19.5. The molecule has 1 aromatic carbocycles. The second kappa shape index (κ2) is 9.12. The van der Waals surface area contributed by atoms with Crippen molar-refractivity contribution < 1.29 is 28.1 Å². The molecule has 2 aromatic rings. The maximum atomic E-state index is 12.3. The summed E-state index contributed by atoms with van der Waals surface area (Å²) in [5.74, 6) is 0.357. The molecule has 28 heavy (non-hydrogen) atoms. The Morgan fingerprint density at radius 1 is 1.07 bits per heavy atom. The van der Waals surface area contributed by atoms with E-state index in [1.54, 1.807) is 4.90 Å². The SMILES string of the molecule is O=C(NCC(=O)N1CCN(c2cccc[nH+]2)CC1)c1ccc(OC(F)F)cc1. The minimum atomic E-state index is -2.92. The number of pyridine rings is 1. The lowest BCUT2D eigenvalue weighted by molar-refractivity contribution is -0.364. The number of rotatable bonds is 6. The minimum Gasteiger partial charge on any atom is -0.435 e. The smallest absolute Gasteiger partial charge is 0.387 e. The number of carbonyl (C=O) groups is 2. The summed E-state index contributed by atoms with van der Waals surface area (Å²) >= 11 is 0. The second-order valence-corrected chi connectivity index (χ2v) is 6.20. The Kier molecular flexibility index (Phi) is 6.36. The molecule has 148 valence electrons. The van der Waals surface area contributed by atoms with E-state index in [9.17, 15) is 18.4 Å². The summed E-state index contributed by atoms with van der Waals surface area (Å²) in [5, 5.41) is 2.56. The molecule has 0 spiro atoms. The lowest BCUT2D eigenvalue weighted by atomic mass is 10.2. The Labute approximate surface area is 160 Å². The maximum Gasteiger partial charge on any atom is 0.387 e. The Bertz CT molecular complexity index is 795. The van der Waals surface area contributed by atoms with Gasteiger partial charge in [0.15, 0.2) is 0 Å². The number of piperazine rings is 1. The zero-order valence-corrected chi connectivity index (χ0v) is 15.1. The van der Waals surface area contributed by atoms with E-state index in [-0.39, 0.29) is 23.8 Å². The second-order valence-electron chi connectivity index (χ2n) is 6.20. The number of nitrogens with one attached hydrogen (secondary N) is 2. The van der Waals surface area contributed by atoms with Gasteiger partial charge in [-0.15, -0.1) is 0 Å². The van der Waals surface area contributed by atoms with Gasteiger partial charge in [-0.05, 0) is 30.3 Å².